The summed E-state index contributed by atoms with van der Waals surface area (Å²) < 4.78 is 4.79. The van der Waals surface area contributed by atoms with Gasteiger partial charge in [0.2, 0.25) is 0 Å². The van der Waals surface area contributed by atoms with Crippen LogP contribution < -0.4 is 10.6 Å². The van der Waals surface area contributed by atoms with E-state index in [1.54, 1.807) is 27.7 Å². The number of hydrogen-bond donors (Lipinski definition) is 3. The molecule has 6 heteroatoms. The first-order valence-corrected chi connectivity index (χ1v) is 5.43. The number of amides is 2. The molecule has 0 fully saturated rings. The van der Waals surface area contributed by atoms with Crippen LogP contribution in [-0.2, 0) is 9.53 Å². The minimum Gasteiger partial charge on any atom is -0.481 e. The zero-order valence-corrected chi connectivity index (χ0v) is 11.1. The van der Waals surface area contributed by atoms with Gasteiger partial charge in [-0.25, -0.2) is 4.79 Å². The van der Waals surface area contributed by atoms with Gasteiger partial charge in [-0.1, -0.05) is 0 Å². The molecule has 100 valence electrons. The van der Waals surface area contributed by atoms with E-state index in [1.807, 2.05) is 0 Å². The fourth-order valence-electron chi connectivity index (χ4n) is 1.02. The Bertz CT molecular complexity index is 287. The summed E-state index contributed by atoms with van der Waals surface area (Å²) in [6, 6.07) is -0.402. The lowest BCUT2D eigenvalue weighted by atomic mass is 9.74. The van der Waals surface area contributed by atoms with Gasteiger partial charge in [-0.2, -0.15) is 0 Å². The third kappa shape index (κ3) is 4.22. The van der Waals surface area contributed by atoms with Crippen molar-refractivity contribution in [3.8, 4) is 0 Å². The molecule has 2 amide bonds. The van der Waals surface area contributed by atoms with Crippen LogP contribution in [0.4, 0.5) is 4.79 Å². The summed E-state index contributed by atoms with van der Waals surface area (Å²) >= 11 is 0. The van der Waals surface area contributed by atoms with E-state index in [2.05, 4.69) is 10.6 Å². The monoisotopic (exact) mass is 246 g/mol. The van der Waals surface area contributed by atoms with E-state index in [0.717, 1.165) is 0 Å². The summed E-state index contributed by atoms with van der Waals surface area (Å²) in [5.74, 6) is -0.959. The summed E-state index contributed by atoms with van der Waals surface area (Å²) in [6.45, 7) is 7.30. The number of nitrogens with one attached hydrogen (secondary N) is 2. The number of carbonyl (C=O) groups is 2. The van der Waals surface area contributed by atoms with Crippen LogP contribution in [0.15, 0.2) is 0 Å². The zero-order chi connectivity index (χ0) is 13.7. The molecule has 17 heavy (non-hydrogen) atoms. The van der Waals surface area contributed by atoms with Crippen molar-refractivity contribution in [3.63, 3.8) is 0 Å². The van der Waals surface area contributed by atoms with Crippen molar-refractivity contribution in [3.05, 3.63) is 0 Å². The van der Waals surface area contributed by atoms with Crippen molar-refractivity contribution in [2.24, 2.45) is 5.41 Å². The maximum absolute atomic E-state index is 11.5. The molecule has 0 aliphatic rings. The lowest BCUT2D eigenvalue weighted by Crippen LogP contribution is -2.59. The predicted molar refractivity (Wildman–Crippen MR) is 63.9 cm³/mol. The topological polar surface area (TPSA) is 87.7 Å². The molecule has 0 aromatic heterocycles. The van der Waals surface area contributed by atoms with Crippen LogP contribution in [0.25, 0.3) is 0 Å². The van der Waals surface area contributed by atoms with Gasteiger partial charge in [-0.05, 0) is 27.7 Å². The van der Waals surface area contributed by atoms with E-state index < -0.39 is 23.0 Å². The molecule has 0 bridgehead atoms. The van der Waals surface area contributed by atoms with E-state index in [-0.39, 0.29) is 0 Å². The number of carboxylic acids is 1. The highest BCUT2D eigenvalue weighted by atomic mass is 16.5. The van der Waals surface area contributed by atoms with Gasteiger partial charge in [0.05, 0.1) is 17.6 Å². The van der Waals surface area contributed by atoms with Crippen molar-refractivity contribution < 1.29 is 19.4 Å². The predicted octanol–water partition coefficient (Wildman–Crippen LogP) is 0.821. The number of carboxylic acid groups (broad SMARTS) is 1. The SMILES string of the molecule is COCCNC(=O)NC(C)(C)C(C)(C)C(=O)O. The lowest BCUT2D eigenvalue weighted by Gasteiger charge is -2.38. The van der Waals surface area contributed by atoms with Crippen LogP contribution in [-0.4, -0.2) is 42.9 Å². The molecule has 0 aromatic carbocycles. The van der Waals surface area contributed by atoms with Crippen molar-refractivity contribution >= 4 is 12.0 Å². The Balaban J connectivity index is 4.44. The molecule has 0 spiro atoms. The Morgan fingerprint density at radius 2 is 1.76 bits per heavy atom. The van der Waals surface area contributed by atoms with Crippen molar-refractivity contribution in [2.45, 2.75) is 33.2 Å². The van der Waals surface area contributed by atoms with Crippen molar-refractivity contribution in [1.82, 2.24) is 10.6 Å². The van der Waals surface area contributed by atoms with E-state index in [9.17, 15) is 9.59 Å². The Hall–Kier alpha value is -1.30. The van der Waals surface area contributed by atoms with Crippen LogP contribution in [0.3, 0.4) is 0 Å². The third-order valence-corrected chi connectivity index (χ3v) is 3.11. The second-order valence-corrected chi connectivity index (χ2v) is 4.93. The number of carbonyl (C=O) groups excluding carboxylic acids is 1. The summed E-state index contributed by atoms with van der Waals surface area (Å²) in [6.07, 6.45) is 0. The van der Waals surface area contributed by atoms with Gasteiger partial charge in [0.25, 0.3) is 0 Å². The molecule has 0 unspecified atom stereocenters. The average Bonchev–Trinajstić information content (AvgIpc) is 2.16. The minimum atomic E-state index is -1.06. The number of urea groups is 1. The molecule has 0 saturated heterocycles. The molecule has 0 saturated carbocycles. The number of aliphatic carboxylic acids is 1. The summed E-state index contributed by atoms with van der Waals surface area (Å²) in [5.41, 5.74) is -1.93. The fraction of sp³-hybridized carbons (Fsp3) is 0.818. The van der Waals surface area contributed by atoms with Crippen molar-refractivity contribution in [2.75, 3.05) is 20.3 Å². The van der Waals surface area contributed by atoms with E-state index in [4.69, 9.17) is 9.84 Å². The van der Waals surface area contributed by atoms with Crippen LogP contribution >= 0.6 is 0 Å². The molecule has 6 nitrogen and oxygen atoms in total. The van der Waals surface area contributed by atoms with Crippen LogP contribution in [0.2, 0.25) is 0 Å². The lowest BCUT2D eigenvalue weighted by molar-refractivity contribution is -0.150. The smallest absolute Gasteiger partial charge is 0.315 e. The average molecular weight is 246 g/mol. The first kappa shape index (κ1) is 15.7. The molecule has 0 aliphatic carbocycles. The van der Waals surface area contributed by atoms with Gasteiger partial charge in [0, 0.05) is 13.7 Å². The van der Waals surface area contributed by atoms with Gasteiger partial charge in [-0.15, -0.1) is 0 Å². The number of ether oxygens (including phenoxy) is 1. The Kier molecular flexibility index (Phi) is 5.41. The highest BCUT2D eigenvalue weighted by molar-refractivity contribution is 5.79. The number of rotatable bonds is 6. The summed E-state index contributed by atoms with van der Waals surface area (Å²) in [7, 11) is 1.54. The first-order valence-electron chi connectivity index (χ1n) is 5.43. The largest absolute Gasteiger partial charge is 0.481 e. The number of methoxy groups -OCH3 is 1. The Labute approximate surface area is 102 Å². The van der Waals surface area contributed by atoms with Crippen molar-refractivity contribution in [1.29, 1.82) is 0 Å². The van der Waals surface area contributed by atoms with Gasteiger partial charge in [-0.3, -0.25) is 4.79 Å². The molecule has 0 aliphatic heterocycles. The Morgan fingerprint density at radius 1 is 1.24 bits per heavy atom. The van der Waals surface area contributed by atoms with E-state index in [1.165, 1.54) is 7.11 Å². The zero-order valence-electron chi connectivity index (χ0n) is 11.1. The second kappa shape index (κ2) is 5.86. The summed E-state index contributed by atoms with van der Waals surface area (Å²) in [4.78, 5) is 22.6. The van der Waals surface area contributed by atoms with Crippen LogP contribution in [0.1, 0.15) is 27.7 Å². The molecule has 0 rings (SSSR count). The third-order valence-electron chi connectivity index (χ3n) is 3.11. The van der Waals surface area contributed by atoms with Gasteiger partial charge >= 0.3 is 12.0 Å². The normalized spacial score (nSPS) is 12.1. The molecule has 0 aromatic rings. The number of hydrogen-bond acceptors (Lipinski definition) is 3. The van der Waals surface area contributed by atoms with Gasteiger partial charge in [0.15, 0.2) is 0 Å². The molecule has 0 heterocycles. The van der Waals surface area contributed by atoms with Crippen LogP contribution in [0, 0.1) is 5.41 Å². The maximum Gasteiger partial charge on any atom is 0.315 e. The highest BCUT2D eigenvalue weighted by Gasteiger charge is 2.44. The fourth-order valence-corrected chi connectivity index (χ4v) is 1.02. The van der Waals surface area contributed by atoms with Crippen LogP contribution in [0.5, 0.6) is 0 Å². The maximum atomic E-state index is 11.5. The quantitative estimate of drug-likeness (QED) is 0.605. The summed E-state index contributed by atoms with van der Waals surface area (Å²) in [5, 5.41) is 14.3. The molecule has 0 radical (unpaired) electrons. The second-order valence-electron chi connectivity index (χ2n) is 4.93. The van der Waals surface area contributed by atoms with Gasteiger partial charge < -0.3 is 20.5 Å². The van der Waals surface area contributed by atoms with Gasteiger partial charge in [0.1, 0.15) is 0 Å². The standard InChI is InChI=1S/C11H22N2O4/c1-10(2,8(14)15)11(3,4)13-9(16)12-6-7-17-5/h6-7H2,1-5H3,(H,14,15)(H2,12,13,16). The molecule has 3 N–H and O–H groups in total. The Morgan fingerprint density at radius 3 is 2.18 bits per heavy atom. The van der Waals surface area contributed by atoms with E-state index in [0.29, 0.717) is 13.2 Å². The molecular formula is C11H22N2O4. The molecule has 0 atom stereocenters. The minimum absolute atomic E-state index is 0.381. The highest BCUT2D eigenvalue weighted by Crippen LogP contribution is 2.30. The van der Waals surface area contributed by atoms with E-state index >= 15 is 0 Å². The molecular weight excluding hydrogens is 224 g/mol. The first-order chi connectivity index (χ1) is 7.65.